The van der Waals surface area contributed by atoms with Gasteiger partial charge in [0.2, 0.25) is 0 Å². The highest BCUT2D eigenvalue weighted by molar-refractivity contribution is 6.08. The van der Waals surface area contributed by atoms with Gasteiger partial charge in [-0.2, -0.15) is 0 Å². The molecule has 1 unspecified atom stereocenters. The predicted molar refractivity (Wildman–Crippen MR) is 105 cm³/mol. The van der Waals surface area contributed by atoms with Gasteiger partial charge in [-0.1, -0.05) is 26.8 Å². The SMILES string of the molecule is CC(C)c1cc(NC(=O)c2ccc3c(c2)CNCC3C)c2nc[nH]c2c1. The Kier molecular flexibility index (Phi) is 4.24. The number of benzene rings is 2. The number of nitrogens with one attached hydrogen (secondary N) is 3. The minimum Gasteiger partial charge on any atom is -0.345 e. The van der Waals surface area contributed by atoms with Gasteiger partial charge in [-0.3, -0.25) is 4.79 Å². The van der Waals surface area contributed by atoms with E-state index in [4.69, 9.17) is 0 Å². The summed E-state index contributed by atoms with van der Waals surface area (Å²) in [4.78, 5) is 20.4. The molecule has 5 nitrogen and oxygen atoms in total. The second-order valence-corrected chi connectivity index (χ2v) is 7.42. The molecule has 1 aromatic heterocycles. The molecule has 5 heteroatoms. The molecule has 0 spiro atoms. The third-order valence-electron chi connectivity index (χ3n) is 5.16. The molecule has 134 valence electrons. The third-order valence-corrected chi connectivity index (χ3v) is 5.16. The Morgan fingerprint density at radius 2 is 2.12 bits per heavy atom. The summed E-state index contributed by atoms with van der Waals surface area (Å²) in [6.45, 7) is 8.28. The maximum atomic E-state index is 12.9. The van der Waals surface area contributed by atoms with E-state index in [0.717, 1.165) is 29.8 Å². The molecule has 3 N–H and O–H groups in total. The number of H-pyrrole nitrogens is 1. The molecule has 0 saturated heterocycles. The molecule has 26 heavy (non-hydrogen) atoms. The number of aromatic amines is 1. The highest BCUT2D eigenvalue weighted by Crippen LogP contribution is 2.28. The van der Waals surface area contributed by atoms with Gasteiger partial charge in [0.05, 0.1) is 17.5 Å². The van der Waals surface area contributed by atoms with E-state index >= 15 is 0 Å². The third kappa shape index (κ3) is 2.99. The molecule has 0 saturated carbocycles. The Morgan fingerprint density at radius 3 is 2.92 bits per heavy atom. The second-order valence-electron chi connectivity index (χ2n) is 7.42. The zero-order valence-corrected chi connectivity index (χ0v) is 15.4. The first-order valence-electron chi connectivity index (χ1n) is 9.15. The molecule has 0 fully saturated rings. The van der Waals surface area contributed by atoms with Gasteiger partial charge < -0.3 is 15.6 Å². The summed E-state index contributed by atoms with van der Waals surface area (Å²) in [5.41, 5.74) is 6.86. The predicted octanol–water partition coefficient (Wildman–Crippen LogP) is 4.15. The molecular formula is C21H24N4O. The average molecular weight is 348 g/mol. The van der Waals surface area contributed by atoms with E-state index in [9.17, 15) is 4.79 Å². The van der Waals surface area contributed by atoms with E-state index < -0.39 is 0 Å². The van der Waals surface area contributed by atoms with Crippen molar-refractivity contribution >= 4 is 22.6 Å². The molecule has 0 aliphatic carbocycles. The quantitative estimate of drug-likeness (QED) is 0.666. The normalized spacial score (nSPS) is 16.7. The Bertz CT molecular complexity index is 973. The molecule has 1 amide bonds. The number of aromatic nitrogens is 2. The van der Waals surface area contributed by atoms with Crippen molar-refractivity contribution in [3.05, 3.63) is 58.9 Å². The largest absolute Gasteiger partial charge is 0.345 e. The number of imidazole rings is 1. The smallest absolute Gasteiger partial charge is 0.255 e. The van der Waals surface area contributed by atoms with Crippen LogP contribution in [0.5, 0.6) is 0 Å². The lowest BCUT2D eigenvalue weighted by atomic mass is 9.91. The number of anilines is 1. The first-order valence-corrected chi connectivity index (χ1v) is 9.15. The molecule has 0 radical (unpaired) electrons. The summed E-state index contributed by atoms with van der Waals surface area (Å²) in [5, 5.41) is 6.46. The number of nitrogens with zero attached hydrogens (tertiary/aromatic N) is 1. The number of fused-ring (bicyclic) bond motifs is 2. The summed E-state index contributed by atoms with van der Waals surface area (Å²) >= 11 is 0. The zero-order valence-electron chi connectivity index (χ0n) is 15.4. The van der Waals surface area contributed by atoms with Gasteiger partial charge >= 0.3 is 0 Å². The Labute approximate surface area is 153 Å². The number of hydrogen-bond acceptors (Lipinski definition) is 3. The lowest BCUT2D eigenvalue weighted by Crippen LogP contribution is -2.27. The van der Waals surface area contributed by atoms with Gasteiger partial charge in [-0.25, -0.2) is 4.98 Å². The zero-order chi connectivity index (χ0) is 18.3. The van der Waals surface area contributed by atoms with Crippen LogP contribution >= 0.6 is 0 Å². The van der Waals surface area contributed by atoms with Gasteiger partial charge in [0.15, 0.2) is 0 Å². The molecular weight excluding hydrogens is 324 g/mol. The molecule has 2 aromatic carbocycles. The van der Waals surface area contributed by atoms with Crippen molar-refractivity contribution < 1.29 is 4.79 Å². The van der Waals surface area contributed by atoms with E-state index in [1.807, 2.05) is 18.2 Å². The molecule has 1 aliphatic rings. The second kappa shape index (κ2) is 6.57. The van der Waals surface area contributed by atoms with E-state index in [1.165, 1.54) is 16.7 Å². The average Bonchev–Trinajstić information content (AvgIpc) is 3.10. The van der Waals surface area contributed by atoms with Crippen molar-refractivity contribution in [2.45, 2.75) is 39.2 Å². The van der Waals surface area contributed by atoms with Crippen LogP contribution < -0.4 is 10.6 Å². The van der Waals surface area contributed by atoms with Crippen LogP contribution in [0.15, 0.2) is 36.7 Å². The molecule has 4 rings (SSSR count). The summed E-state index contributed by atoms with van der Waals surface area (Å²) in [7, 11) is 0. The van der Waals surface area contributed by atoms with Crippen molar-refractivity contribution in [1.82, 2.24) is 15.3 Å². The standard InChI is InChI=1S/C21H24N4O/c1-12(2)15-7-18-20(24-11-23-18)19(8-15)25-21(26)14-4-5-17-13(3)9-22-10-16(17)6-14/h4-8,11-13,22H,9-10H2,1-3H3,(H,23,24)(H,25,26). The summed E-state index contributed by atoms with van der Waals surface area (Å²) < 4.78 is 0. The molecule has 1 aliphatic heterocycles. The molecule has 2 heterocycles. The van der Waals surface area contributed by atoms with Gasteiger partial charge in [0.25, 0.3) is 5.91 Å². The van der Waals surface area contributed by atoms with Crippen LogP contribution in [0.4, 0.5) is 5.69 Å². The van der Waals surface area contributed by atoms with Crippen LogP contribution in [0.3, 0.4) is 0 Å². The van der Waals surface area contributed by atoms with E-state index in [1.54, 1.807) is 6.33 Å². The lowest BCUT2D eigenvalue weighted by Gasteiger charge is -2.23. The Hall–Kier alpha value is -2.66. The van der Waals surface area contributed by atoms with Gasteiger partial charge in [0.1, 0.15) is 5.52 Å². The van der Waals surface area contributed by atoms with Crippen molar-refractivity contribution in [2.75, 3.05) is 11.9 Å². The first-order chi connectivity index (χ1) is 12.5. The van der Waals surface area contributed by atoms with E-state index in [0.29, 0.717) is 17.4 Å². The highest BCUT2D eigenvalue weighted by atomic mass is 16.1. The van der Waals surface area contributed by atoms with Crippen LogP contribution in [0.25, 0.3) is 11.0 Å². The minimum absolute atomic E-state index is 0.101. The highest BCUT2D eigenvalue weighted by Gasteiger charge is 2.18. The fraction of sp³-hybridized carbons (Fsp3) is 0.333. The van der Waals surface area contributed by atoms with Crippen LogP contribution in [-0.2, 0) is 6.54 Å². The minimum atomic E-state index is -0.101. The summed E-state index contributed by atoms with van der Waals surface area (Å²) in [6.07, 6.45) is 1.66. The van der Waals surface area contributed by atoms with Crippen molar-refractivity contribution in [3.8, 4) is 0 Å². The number of carbonyl (C=O) groups is 1. The van der Waals surface area contributed by atoms with Crippen molar-refractivity contribution in [2.24, 2.45) is 0 Å². The molecule has 0 bridgehead atoms. The number of carbonyl (C=O) groups excluding carboxylic acids is 1. The van der Waals surface area contributed by atoms with Crippen LogP contribution in [0, 0.1) is 0 Å². The lowest BCUT2D eigenvalue weighted by molar-refractivity contribution is 0.102. The summed E-state index contributed by atoms with van der Waals surface area (Å²) in [5.74, 6) is 0.744. The maximum absolute atomic E-state index is 12.9. The van der Waals surface area contributed by atoms with Crippen molar-refractivity contribution in [1.29, 1.82) is 0 Å². The summed E-state index contributed by atoms with van der Waals surface area (Å²) in [6, 6.07) is 10.1. The maximum Gasteiger partial charge on any atom is 0.255 e. The number of rotatable bonds is 3. The fourth-order valence-corrected chi connectivity index (χ4v) is 3.61. The Morgan fingerprint density at radius 1 is 1.27 bits per heavy atom. The van der Waals surface area contributed by atoms with E-state index in [2.05, 4.69) is 53.5 Å². The fourth-order valence-electron chi connectivity index (χ4n) is 3.61. The molecule has 3 aromatic rings. The Balaban J connectivity index is 1.66. The van der Waals surface area contributed by atoms with E-state index in [-0.39, 0.29) is 5.91 Å². The van der Waals surface area contributed by atoms with Gasteiger partial charge in [-0.15, -0.1) is 0 Å². The topological polar surface area (TPSA) is 69.8 Å². The van der Waals surface area contributed by atoms with Crippen LogP contribution in [-0.4, -0.2) is 22.4 Å². The molecule has 1 atom stereocenters. The van der Waals surface area contributed by atoms with Crippen molar-refractivity contribution in [3.63, 3.8) is 0 Å². The number of amides is 1. The first kappa shape index (κ1) is 16.8. The van der Waals surface area contributed by atoms with Crippen LogP contribution in [0.1, 0.15) is 59.7 Å². The van der Waals surface area contributed by atoms with Gasteiger partial charge in [0, 0.05) is 18.7 Å². The monoisotopic (exact) mass is 348 g/mol. The van der Waals surface area contributed by atoms with Crippen LogP contribution in [0.2, 0.25) is 0 Å². The number of hydrogen-bond donors (Lipinski definition) is 3. The van der Waals surface area contributed by atoms with Gasteiger partial charge in [-0.05, 0) is 52.8 Å².